The first kappa shape index (κ1) is 9.90. The fraction of sp³-hybridized carbons (Fsp3) is 0.333. The lowest BCUT2D eigenvalue weighted by molar-refractivity contribution is -0.121. The molecule has 0 aromatic heterocycles. The molecule has 0 aliphatic carbocycles. The number of nitrogens with zero attached hydrogens (tertiary/aromatic N) is 1. The Balaban J connectivity index is 2.53. The molecule has 1 aliphatic heterocycles. The fourth-order valence-corrected chi connectivity index (χ4v) is 1.98. The summed E-state index contributed by atoms with van der Waals surface area (Å²) < 4.78 is 0. The van der Waals surface area contributed by atoms with Crippen LogP contribution < -0.4 is 4.90 Å². The lowest BCUT2D eigenvalue weighted by Crippen LogP contribution is -2.29. The summed E-state index contributed by atoms with van der Waals surface area (Å²) in [4.78, 5) is 24.5. The van der Waals surface area contributed by atoms with Gasteiger partial charge in [0.1, 0.15) is 0 Å². The molecular weight excluding hydrogens is 190 g/mol. The number of anilines is 1. The monoisotopic (exact) mass is 203 g/mol. The van der Waals surface area contributed by atoms with Crippen LogP contribution in [-0.2, 0) is 9.59 Å². The number of hydrogen-bond donors (Lipinski definition) is 0. The molecule has 0 radical (unpaired) electrons. The van der Waals surface area contributed by atoms with Gasteiger partial charge >= 0.3 is 0 Å². The zero-order valence-corrected chi connectivity index (χ0v) is 8.91. The molecule has 2 rings (SSSR count). The van der Waals surface area contributed by atoms with Gasteiger partial charge in [-0.15, -0.1) is 0 Å². The molecule has 1 fully saturated rings. The molecule has 0 spiro atoms. The molecular formula is C12H13NO2. The third-order valence-corrected chi connectivity index (χ3v) is 2.71. The number of imide groups is 1. The Morgan fingerprint density at radius 3 is 1.93 bits per heavy atom. The number of benzene rings is 1. The highest BCUT2D eigenvalue weighted by Gasteiger charge is 2.31. The van der Waals surface area contributed by atoms with E-state index in [0.717, 1.165) is 16.8 Å². The normalized spacial score (nSPS) is 16.3. The van der Waals surface area contributed by atoms with E-state index < -0.39 is 0 Å². The summed E-state index contributed by atoms with van der Waals surface area (Å²) in [7, 11) is 0. The minimum atomic E-state index is -0.0857. The molecule has 1 aromatic carbocycles. The number of aryl methyl sites for hydroxylation is 2. The van der Waals surface area contributed by atoms with E-state index in [4.69, 9.17) is 0 Å². The van der Waals surface area contributed by atoms with Crippen LogP contribution in [0.2, 0.25) is 0 Å². The zero-order chi connectivity index (χ0) is 11.0. The van der Waals surface area contributed by atoms with Crippen molar-refractivity contribution in [3.8, 4) is 0 Å². The molecule has 0 N–H and O–H groups in total. The predicted molar refractivity (Wildman–Crippen MR) is 57.6 cm³/mol. The summed E-state index contributed by atoms with van der Waals surface area (Å²) >= 11 is 0. The van der Waals surface area contributed by atoms with E-state index >= 15 is 0 Å². The second-order valence-electron chi connectivity index (χ2n) is 3.86. The van der Waals surface area contributed by atoms with Gasteiger partial charge in [0.15, 0.2) is 0 Å². The molecule has 1 saturated heterocycles. The fourth-order valence-electron chi connectivity index (χ4n) is 1.98. The minimum Gasteiger partial charge on any atom is -0.274 e. The first-order valence-electron chi connectivity index (χ1n) is 5.03. The van der Waals surface area contributed by atoms with Gasteiger partial charge in [-0.25, -0.2) is 0 Å². The standard InChI is InChI=1S/C12H13NO2/c1-8-4-3-5-9(2)12(8)13-10(14)6-7-11(13)15/h3-5H,6-7H2,1-2H3. The minimum absolute atomic E-state index is 0.0857. The number of carbonyl (C=O) groups excluding carboxylic acids is 2. The maximum Gasteiger partial charge on any atom is 0.234 e. The van der Waals surface area contributed by atoms with Gasteiger partial charge in [-0.1, -0.05) is 18.2 Å². The quantitative estimate of drug-likeness (QED) is 0.654. The second-order valence-corrected chi connectivity index (χ2v) is 3.86. The summed E-state index contributed by atoms with van der Waals surface area (Å²) in [6.45, 7) is 3.84. The van der Waals surface area contributed by atoms with Crippen molar-refractivity contribution in [3.63, 3.8) is 0 Å². The van der Waals surface area contributed by atoms with Crippen LogP contribution in [0, 0.1) is 13.8 Å². The van der Waals surface area contributed by atoms with Gasteiger partial charge in [0.05, 0.1) is 5.69 Å². The van der Waals surface area contributed by atoms with Crippen LogP contribution in [0.1, 0.15) is 24.0 Å². The maximum absolute atomic E-state index is 11.6. The highest BCUT2D eigenvalue weighted by Crippen LogP contribution is 2.29. The Kier molecular flexibility index (Phi) is 2.31. The van der Waals surface area contributed by atoms with E-state index in [1.165, 1.54) is 4.90 Å². The van der Waals surface area contributed by atoms with Crippen molar-refractivity contribution in [3.05, 3.63) is 29.3 Å². The SMILES string of the molecule is Cc1cccc(C)c1N1C(=O)CCC1=O. The number of rotatable bonds is 1. The summed E-state index contributed by atoms with van der Waals surface area (Å²) in [5, 5.41) is 0. The van der Waals surface area contributed by atoms with Gasteiger partial charge in [-0.05, 0) is 25.0 Å². The average molecular weight is 203 g/mol. The largest absolute Gasteiger partial charge is 0.274 e. The van der Waals surface area contributed by atoms with Crippen LogP contribution in [-0.4, -0.2) is 11.8 Å². The molecule has 1 aliphatic rings. The van der Waals surface area contributed by atoms with E-state index in [1.807, 2.05) is 32.0 Å². The number of para-hydroxylation sites is 1. The van der Waals surface area contributed by atoms with E-state index in [-0.39, 0.29) is 11.8 Å². The molecule has 0 unspecified atom stereocenters. The van der Waals surface area contributed by atoms with E-state index in [1.54, 1.807) is 0 Å². The van der Waals surface area contributed by atoms with Crippen molar-refractivity contribution in [1.29, 1.82) is 0 Å². The molecule has 2 amide bonds. The van der Waals surface area contributed by atoms with Gasteiger partial charge in [-0.3, -0.25) is 14.5 Å². The molecule has 1 aromatic rings. The van der Waals surface area contributed by atoms with E-state index in [0.29, 0.717) is 12.8 Å². The van der Waals surface area contributed by atoms with Crippen LogP contribution >= 0.6 is 0 Å². The Bertz CT molecular complexity index is 401. The van der Waals surface area contributed by atoms with Crippen molar-refractivity contribution < 1.29 is 9.59 Å². The first-order chi connectivity index (χ1) is 7.11. The Labute approximate surface area is 88.7 Å². The first-order valence-corrected chi connectivity index (χ1v) is 5.03. The Hall–Kier alpha value is -1.64. The molecule has 15 heavy (non-hydrogen) atoms. The highest BCUT2D eigenvalue weighted by molar-refractivity contribution is 6.20. The smallest absolute Gasteiger partial charge is 0.234 e. The van der Waals surface area contributed by atoms with Crippen molar-refractivity contribution in [2.45, 2.75) is 26.7 Å². The lowest BCUT2D eigenvalue weighted by atomic mass is 10.1. The van der Waals surface area contributed by atoms with E-state index in [9.17, 15) is 9.59 Å². The Morgan fingerprint density at radius 1 is 1.00 bits per heavy atom. The topological polar surface area (TPSA) is 37.4 Å². The molecule has 3 nitrogen and oxygen atoms in total. The average Bonchev–Trinajstić information content (AvgIpc) is 2.49. The van der Waals surface area contributed by atoms with Crippen LogP contribution in [0.5, 0.6) is 0 Å². The van der Waals surface area contributed by atoms with E-state index in [2.05, 4.69) is 0 Å². The molecule has 3 heteroatoms. The molecule has 0 bridgehead atoms. The van der Waals surface area contributed by atoms with Gasteiger partial charge in [-0.2, -0.15) is 0 Å². The zero-order valence-electron chi connectivity index (χ0n) is 8.91. The second kappa shape index (κ2) is 3.50. The number of amides is 2. The van der Waals surface area contributed by atoms with Gasteiger partial charge in [0, 0.05) is 12.8 Å². The molecule has 0 atom stereocenters. The maximum atomic E-state index is 11.6. The van der Waals surface area contributed by atoms with Crippen molar-refractivity contribution in [2.75, 3.05) is 4.90 Å². The number of carbonyl (C=O) groups is 2. The summed E-state index contributed by atoms with van der Waals surface area (Å²) in [6.07, 6.45) is 0.680. The molecule has 1 heterocycles. The predicted octanol–water partition coefficient (Wildman–Crippen LogP) is 1.96. The summed E-state index contributed by atoms with van der Waals surface area (Å²) in [5.41, 5.74) is 2.71. The summed E-state index contributed by atoms with van der Waals surface area (Å²) in [5.74, 6) is -0.171. The molecule has 78 valence electrons. The van der Waals surface area contributed by atoms with Crippen molar-refractivity contribution in [2.24, 2.45) is 0 Å². The lowest BCUT2D eigenvalue weighted by Gasteiger charge is -2.18. The van der Waals surface area contributed by atoms with Crippen molar-refractivity contribution >= 4 is 17.5 Å². The van der Waals surface area contributed by atoms with Crippen LogP contribution in [0.25, 0.3) is 0 Å². The van der Waals surface area contributed by atoms with Crippen molar-refractivity contribution in [1.82, 2.24) is 0 Å². The third kappa shape index (κ3) is 1.54. The highest BCUT2D eigenvalue weighted by atomic mass is 16.2. The third-order valence-electron chi connectivity index (χ3n) is 2.71. The Morgan fingerprint density at radius 2 is 1.47 bits per heavy atom. The van der Waals surface area contributed by atoms with Crippen LogP contribution in [0.4, 0.5) is 5.69 Å². The molecule has 0 saturated carbocycles. The van der Waals surface area contributed by atoms with Gasteiger partial charge < -0.3 is 0 Å². The van der Waals surface area contributed by atoms with Crippen LogP contribution in [0.15, 0.2) is 18.2 Å². The van der Waals surface area contributed by atoms with Crippen LogP contribution in [0.3, 0.4) is 0 Å². The van der Waals surface area contributed by atoms with Gasteiger partial charge in [0.2, 0.25) is 11.8 Å². The van der Waals surface area contributed by atoms with Gasteiger partial charge in [0.25, 0.3) is 0 Å². The summed E-state index contributed by atoms with van der Waals surface area (Å²) in [6, 6.07) is 5.77. The number of hydrogen-bond acceptors (Lipinski definition) is 2.